The molecule has 1 atom stereocenters. The second-order valence-corrected chi connectivity index (χ2v) is 7.18. The monoisotopic (exact) mass is 369 g/mol. The van der Waals surface area contributed by atoms with Gasteiger partial charge >= 0.3 is 0 Å². The number of ether oxygens (including phenoxy) is 1. The minimum absolute atomic E-state index is 0.105. The number of fused-ring (bicyclic) bond motifs is 1. The molecule has 0 saturated carbocycles. The molecule has 3 heterocycles. The molecular formula is C20H20ClN3O2. The zero-order chi connectivity index (χ0) is 18.1. The fraction of sp³-hybridized carbons (Fsp3) is 0.350. The number of anilines is 1. The molecule has 1 aromatic heterocycles. The van der Waals surface area contributed by atoms with Crippen molar-refractivity contribution in [3.8, 4) is 0 Å². The Balaban J connectivity index is 1.55. The predicted octanol–water partition coefficient (Wildman–Crippen LogP) is 4.23. The molecule has 1 fully saturated rings. The number of nitrogens with one attached hydrogen (secondary N) is 1. The van der Waals surface area contributed by atoms with Gasteiger partial charge in [0.1, 0.15) is 6.10 Å². The maximum Gasteiger partial charge on any atom is 0.253 e. The smallest absolute Gasteiger partial charge is 0.253 e. The summed E-state index contributed by atoms with van der Waals surface area (Å²) in [6.45, 7) is 2.66. The largest absolute Gasteiger partial charge is 0.368 e. The van der Waals surface area contributed by atoms with Crippen molar-refractivity contribution >= 4 is 34.7 Å². The summed E-state index contributed by atoms with van der Waals surface area (Å²) in [5.74, 6) is 0.638. The molecule has 0 bridgehead atoms. The Morgan fingerprint density at radius 3 is 3.00 bits per heavy atom. The number of carbonyl (C=O) groups is 1. The van der Waals surface area contributed by atoms with E-state index < -0.39 is 0 Å². The summed E-state index contributed by atoms with van der Waals surface area (Å²) < 4.78 is 5.55. The number of aliphatic imine (C=N–C) groups is 1. The molecule has 2 aliphatic heterocycles. The zero-order valence-electron chi connectivity index (χ0n) is 14.6. The maximum absolute atomic E-state index is 12.4. The molecule has 1 amide bonds. The first kappa shape index (κ1) is 17.2. The number of halogens is 1. The molecular weight excluding hydrogens is 350 g/mol. The van der Waals surface area contributed by atoms with Crippen molar-refractivity contribution in [1.29, 1.82) is 0 Å². The van der Waals surface area contributed by atoms with Crippen molar-refractivity contribution in [3.63, 3.8) is 0 Å². The highest BCUT2D eigenvalue weighted by atomic mass is 35.5. The van der Waals surface area contributed by atoms with Gasteiger partial charge in [0.2, 0.25) is 0 Å². The van der Waals surface area contributed by atoms with Crippen LogP contribution in [0.15, 0.2) is 35.5 Å². The molecule has 2 aromatic rings. The summed E-state index contributed by atoms with van der Waals surface area (Å²) in [6.07, 6.45) is 4.93. The normalized spacial score (nSPS) is 19.0. The highest BCUT2D eigenvalue weighted by Gasteiger charge is 2.23. The number of nitrogens with zero attached hydrogens (tertiary/aromatic N) is 2. The van der Waals surface area contributed by atoms with Crippen LogP contribution >= 0.6 is 11.6 Å². The summed E-state index contributed by atoms with van der Waals surface area (Å²) in [7, 11) is 0. The lowest BCUT2D eigenvalue weighted by Gasteiger charge is -2.21. The predicted molar refractivity (Wildman–Crippen MR) is 103 cm³/mol. The summed E-state index contributed by atoms with van der Waals surface area (Å²) in [5.41, 5.74) is 4.60. The van der Waals surface area contributed by atoms with Gasteiger partial charge in [-0.25, -0.2) is 9.98 Å². The van der Waals surface area contributed by atoms with Crippen LogP contribution in [0.1, 0.15) is 36.0 Å². The Bertz CT molecular complexity index is 889. The topological polar surface area (TPSA) is 63.6 Å². The quantitative estimate of drug-likeness (QED) is 0.880. The lowest BCUT2D eigenvalue weighted by molar-refractivity contribution is -0.129. The summed E-state index contributed by atoms with van der Waals surface area (Å²) in [6, 6.07) is 7.56. The summed E-state index contributed by atoms with van der Waals surface area (Å²) in [5, 5.41) is 3.55. The maximum atomic E-state index is 12.4. The molecule has 0 radical (unpaired) electrons. The molecule has 6 heteroatoms. The van der Waals surface area contributed by atoms with E-state index in [4.69, 9.17) is 16.3 Å². The Hall–Kier alpha value is -2.24. The first-order valence-electron chi connectivity index (χ1n) is 8.85. The lowest BCUT2D eigenvalue weighted by Crippen LogP contribution is -2.33. The van der Waals surface area contributed by atoms with Crippen molar-refractivity contribution < 1.29 is 9.53 Å². The van der Waals surface area contributed by atoms with Crippen LogP contribution in [-0.4, -0.2) is 29.3 Å². The first-order valence-corrected chi connectivity index (χ1v) is 9.23. The lowest BCUT2D eigenvalue weighted by atomic mass is 10.0. The molecule has 1 N–H and O–H groups in total. The van der Waals surface area contributed by atoms with E-state index in [9.17, 15) is 4.79 Å². The van der Waals surface area contributed by atoms with Gasteiger partial charge in [-0.1, -0.05) is 17.7 Å². The van der Waals surface area contributed by atoms with Gasteiger partial charge in [0, 0.05) is 41.1 Å². The molecule has 1 unspecified atom stereocenters. The van der Waals surface area contributed by atoms with Gasteiger partial charge in [0.15, 0.2) is 5.82 Å². The third-order valence-electron chi connectivity index (χ3n) is 4.70. The molecule has 0 aliphatic carbocycles. The van der Waals surface area contributed by atoms with E-state index in [1.54, 1.807) is 12.1 Å². The number of amides is 1. The van der Waals surface area contributed by atoms with Crippen LogP contribution in [0.2, 0.25) is 5.02 Å². The zero-order valence-corrected chi connectivity index (χ0v) is 15.3. The molecule has 134 valence electrons. The number of hydrogen-bond acceptors (Lipinski definition) is 4. The van der Waals surface area contributed by atoms with Crippen LogP contribution in [0, 0.1) is 6.92 Å². The van der Waals surface area contributed by atoms with E-state index in [1.807, 2.05) is 19.2 Å². The number of hydrogen-bond donors (Lipinski definition) is 1. The van der Waals surface area contributed by atoms with E-state index in [0.29, 0.717) is 23.7 Å². The Morgan fingerprint density at radius 2 is 2.19 bits per heavy atom. The van der Waals surface area contributed by atoms with E-state index in [1.165, 1.54) is 0 Å². The van der Waals surface area contributed by atoms with E-state index in [0.717, 1.165) is 47.5 Å². The van der Waals surface area contributed by atoms with Gasteiger partial charge in [-0.3, -0.25) is 4.79 Å². The van der Waals surface area contributed by atoms with Crippen LogP contribution in [-0.2, 0) is 16.0 Å². The molecule has 2 aliphatic rings. The van der Waals surface area contributed by atoms with Crippen molar-refractivity contribution in [1.82, 2.24) is 4.98 Å². The third kappa shape index (κ3) is 3.50. The molecule has 1 aromatic carbocycles. The number of benzene rings is 1. The Kier molecular flexibility index (Phi) is 4.74. The Morgan fingerprint density at radius 1 is 1.31 bits per heavy atom. The van der Waals surface area contributed by atoms with E-state index in [-0.39, 0.29) is 12.0 Å². The second-order valence-electron chi connectivity index (χ2n) is 6.77. The van der Waals surface area contributed by atoms with Crippen molar-refractivity contribution in [2.45, 2.75) is 38.7 Å². The number of aromatic nitrogens is 1. The van der Waals surface area contributed by atoms with E-state index in [2.05, 4.69) is 21.4 Å². The van der Waals surface area contributed by atoms with Gasteiger partial charge in [0.25, 0.3) is 5.91 Å². The van der Waals surface area contributed by atoms with Gasteiger partial charge in [-0.2, -0.15) is 0 Å². The van der Waals surface area contributed by atoms with Crippen molar-refractivity contribution in [2.75, 3.05) is 11.9 Å². The van der Waals surface area contributed by atoms with Gasteiger partial charge in [0.05, 0.1) is 5.71 Å². The number of aryl methyl sites for hydroxylation is 1. The summed E-state index contributed by atoms with van der Waals surface area (Å²) in [4.78, 5) is 21.4. The highest BCUT2D eigenvalue weighted by Crippen LogP contribution is 2.31. The van der Waals surface area contributed by atoms with Crippen LogP contribution < -0.4 is 5.32 Å². The standard InChI is InChI=1S/C20H20ClN3O2/c1-12-8-13-9-17(24-19(13)22-11-12)15-10-14(5-6-16(15)21)23-20(25)18-4-2-3-7-26-18/h5-6,8,10-11,18H,2-4,7,9H2,1H3,(H,23,25). The Labute approximate surface area is 157 Å². The fourth-order valence-corrected chi connectivity index (χ4v) is 3.58. The first-order chi connectivity index (χ1) is 12.6. The van der Waals surface area contributed by atoms with Crippen molar-refractivity contribution in [3.05, 3.63) is 52.2 Å². The van der Waals surface area contributed by atoms with Crippen molar-refractivity contribution in [2.24, 2.45) is 4.99 Å². The minimum atomic E-state index is -0.372. The van der Waals surface area contributed by atoms with Crippen LogP contribution in [0.3, 0.4) is 0 Å². The van der Waals surface area contributed by atoms with Gasteiger partial charge in [-0.15, -0.1) is 0 Å². The average molecular weight is 370 g/mol. The van der Waals surface area contributed by atoms with Crippen LogP contribution in [0.4, 0.5) is 11.5 Å². The van der Waals surface area contributed by atoms with Crippen LogP contribution in [0.25, 0.3) is 0 Å². The van der Waals surface area contributed by atoms with Crippen LogP contribution in [0.5, 0.6) is 0 Å². The molecule has 4 rings (SSSR count). The van der Waals surface area contributed by atoms with Gasteiger partial charge in [-0.05, 0) is 49.9 Å². The molecule has 1 saturated heterocycles. The van der Waals surface area contributed by atoms with E-state index >= 15 is 0 Å². The minimum Gasteiger partial charge on any atom is -0.368 e. The fourth-order valence-electron chi connectivity index (χ4n) is 3.35. The molecule has 0 spiro atoms. The SMILES string of the molecule is Cc1cnc2c(c1)CC(c1cc(NC(=O)C3CCCCO3)ccc1Cl)=N2. The second kappa shape index (κ2) is 7.17. The highest BCUT2D eigenvalue weighted by molar-refractivity contribution is 6.34. The number of rotatable bonds is 3. The molecule has 5 nitrogen and oxygen atoms in total. The van der Waals surface area contributed by atoms with Gasteiger partial charge < -0.3 is 10.1 Å². The average Bonchev–Trinajstić information content (AvgIpc) is 3.07. The summed E-state index contributed by atoms with van der Waals surface area (Å²) >= 11 is 6.40. The number of pyridine rings is 1. The number of carbonyl (C=O) groups excluding carboxylic acids is 1. The third-order valence-corrected chi connectivity index (χ3v) is 5.02. The molecule has 26 heavy (non-hydrogen) atoms.